The van der Waals surface area contributed by atoms with E-state index in [4.69, 9.17) is 18.9 Å². The predicted molar refractivity (Wildman–Crippen MR) is 111 cm³/mol. The number of carbonyl (C=O) groups excluding carboxylic acids is 2. The van der Waals surface area contributed by atoms with Crippen LogP contribution in [-0.4, -0.2) is 48.8 Å². The minimum atomic E-state index is -1.30. The fourth-order valence-electron chi connectivity index (χ4n) is 3.19. The molecule has 0 saturated carbocycles. The van der Waals surface area contributed by atoms with Crippen LogP contribution in [0.4, 0.5) is 0 Å². The van der Waals surface area contributed by atoms with Crippen LogP contribution in [0.25, 0.3) is 0 Å². The van der Waals surface area contributed by atoms with Crippen molar-refractivity contribution in [1.82, 2.24) is 0 Å². The SMILES string of the molecule is CC(C#N)(CCC(=O)OC1CCCCO1)/N=N\C(C)(C#N)CCC(=O)OC1CCCCO1. The van der Waals surface area contributed by atoms with Crippen LogP contribution < -0.4 is 0 Å². The van der Waals surface area contributed by atoms with Gasteiger partial charge in [-0.05, 0) is 52.4 Å². The van der Waals surface area contributed by atoms with Crippen molar-refractivity contribution >= 4 is 11.9 Å². The maximum absolute atomic E-state index is 12.1. The normalized spacial score (nSPS) is 25.0. The monoisotopic (exact) mass is 448 g/mol. The Morgan fingerprint density at radius 1 is 0.844 bits per heavy atom. The highest BCUT2D eigenvalue weighted by atomic mass is 16.7. The Morgan fingerprint density at radius 2 is 1.25 bits per heavy atom. The lowest BCUT2D eigenvalue weighted by Gasteiger charge is -2.23. The summed E-state index contributed by atoms with van der Waals surface area (Å²) in [5.41, 5.74) is -2.61. The number of nitrogens with zero attached hydrogens (tertiary/aromatic N) is 4. The lowest BCUT2D eigenvalue weighted by atomic mass is 9.97. The molecule has 0 radical (unpaired) electrons. The summed E-state index contributed by atoms with van der Waals surface area (Å²) in [6.07, 6.45) is 4.15. The maximum atomic E-state index is 12.1. The summed E-state index contributed by atoms with van der Waals surface area (Å²) in [6.45, 7) is 4.20. The van der Waals surface area contributed by atoms with Gasteiger partial charge >= 0.3 is 11.9 Å². The van der Waals surface area contributed by atoms with Crippen molar-refractivity contribution in [2.45, 2.75) is 102 Å². The lowest BCUT2D eigenvalue weighted by Crippen LogP contribution is -2.28. The number of ether oxygens (including phenoxy) is 4. The molecule has 4 atom stereocenters. The Bertz CT molecular complexity index is 687. The average Bonchev–Trinajstić information content (AvgIpc) is 2.81. The van der Waals surface area contributed by atoms with Crippen LogP contribution in [-0.2, 0) is 28.5 Å². The van der Waals surface area contributed by atoms with E-state index in [-0.39, 0.29) is 25.7 Å². The predicted octanol–water partition coefficient (Wildman–Crippen LogP) is 3.70. The van der Waals surface area contributed by atoms with Gasteiger partial charge < -0.3 is 18.9 Å². The molecule has 176 valence electrons. The Morgan fingerprint density at radius 3 is 1.56 bits per heavy atom. The fraction of sp³-hybridized carbons (Fsp3) is 0.818. The van der Waals surface area contributed by atoms with Gasteiger partial charge in [-0.25, -0.2) is 0 Å². The maximum Gasteiger partial charge on any atom is 0.308 e. The van der Waals surface area contributed by atoms with Crippen molar-refractivity contribution in [3.05, 3.63) is 0 Å². The van der Waals surface area contributed by atoms with Crippen LogP contribution in [0.3, 0.4) is 0 Å². The molecule has 2 saturated heterocycles. The van der Waals surface area contributed by atoms with Crippen LogP contribution in [0.1, 0.15) is 78.1 Å². The van der Waals surface area contributed by atoms with Gasteiger partial charge in [-0.2, -0.15) is 20.8 Å². The number of rotatable bonds is 10. The summed E-state index contributed by atoms with van der Waals surface area (Å²) >= 11 is 0. The van der Waals surface area contributed by atoms with E-state index in [2.05, 4.69) is 10.2 Å². The van der Waals surface area contributed by atoms with Crippen molar-refractivity contribution in [3.8, 4) is 12.1 Å². The average molecular weight is 449 g/mol. The Balaban J connectivity index is 1.83. The van der Waals surface area contributed by atoms with E-state index in [1.54, 1.807) is 0 Å². The highest BCUT2D eigenvalue weighted by Crippen LogP contribution is 2.25. The molecular formula is C22H32N4O6. The van der Waals surface area contributed by atoms with E-state index in [1.165, 1.54) is 13.8 Å². The minimum absolute atomic E-state index is 0.0279. The Labute approximate surface area is 188 Å². The smallest absolute Gasteiger partial charge is 0.308 e. The number of carbonyl (C=O) groups is 2. The van der Waals surface area contributed by atoms with Gasteiger partial charge in [-0.3, -0.25) is 9.59 Å². The zero-order valence-corrected chi connectivity index (χ0v) is 18.9. The first-order valence-corrected chi connectivity index (χ1v) is 11.2. The first-order valence-electron chi connectivity index (χ1n) is 11.2. The molecule has 0 aromatic carbocycles. The number of azo groups is 1. The van der Waals surface area contributed by atoms with Gasteiger partial charge in [0, 0.05) is 25.7 Å². The van der Waals surface area contributed by atoms with Gasteiger partial charge in [0.25, 0.3) is 0 Å². The summed E-state index contributed by atoms with van der Waals surface area (Å²) in [4.78, 5) is 24.1. The zero-order chi connectivity index (χ0) is 23.5. The van der Waals surface area contributed by atoms with Crippen molar-refractivity contribution in [2.75, 3.05) is 13.2 Å². The standard InChI is InChI=1S/C22H32N4O6/c1-21(15-23,11-9-17(27)31-19-7-3-5-13-29-19)25-26-22(2,16-24)12-10-18(28)32-20-8-4-6-14-30-20/h19-20H,3-14H2,1-2H3/b26-25-. The Hall–Kier alpha value is -2.56. The molecule has 0 aromatic rings. The molecule has 32 heavy (non-hydrogen) atoms. The van der Waals surface area contributed by atoms with Crippen molar-refractivity contribution in [3.63, 3.8) is 0 Å². The summed E-state index contributed by atoms with van der Waals surface area (Å²) in [7, 11) is 0. The Kier molecular flexibility index (Phi) is 10.0. The fourth-order valence-corrected chi connectivity index (χ4v) is 3.19. The van der Waals surface area contributed by atoms with Crippen LogP contribution in [0.15, 0.2) is 10.2 Å². The number of esters is 2. The quantitative estimate of drug-likeness (QED) is 0.363. The van der Waals surface area contributed by atoms with Crippen LogP contribution in [0.5, 0.6) is 0 Å². The van der Waals surface area contributed by atoms with Gasteiger partial charge in [0.05, 0.1) is 25.4 Å². The van der Waals surface area contributed by atoms with Crippen LogP contribution >= 0.6 is 0 Å². The first kappa shape index (κ1) is 25.7. The van der Waals surface area contributed by atoms with Crippen molar-refractivity contribution < 1.29 is 28.5 Å². The largest absolute Gasteiger partial charge is 0.436 e. The van der Waals surface area contributed by atoms with Gasteiger partial charge in [-0.15, -0.1) is 0 Å². The summed E-state index contributed by atoms with van der Waals surface area (Å²) < 4.78 is 21.3. The molecule has 0 aliphatic carbocycles. The van der Waals surface area contributed by atoms with E-state index in [0.717, 1.165) is 25.7 Å². The summed E-state index contributed by atoms with van der Waals surface area (Å²) in [5.74, 6) is -0.936. The molecule has 0 amide bonds. The molecule has 0 N–H and O–H groups in total. The third-order valence-electron chi connectivity index (χ3n) is 5.41. The van der Waals surface area contributed by atoms with Crippen molar-refractivity contribution in [2.24, 2.45) is 10.2 Å². The third-order valence-corrected chi connectivity index (χ3v) is 5.41. The second-order valence-corrected chi connectivity index (χ2v) is 8.54. The molecular weight excluding hydrogens is 416 g/mol. The highest BCUT2D eigenvalue weighted by molar-refractivity contribution is 5.70. The second-order valence-electron chi connectivity index (χ2n) is 8.54. The molecule has 0 aromatic heterocycles. The zero-order valence-electron chi connectivity index (χ0n) is 18.9. The molecule has 2 aliphatic rings. The second kappa shape index (κ2) is 12.5. The van der Waals surface area contributed by atoms with E-state index >= 15 is 0 Å². The molecule has 2 aliphatic heterocycles. The number of nitriles is 2. The van der Waals surface area contributed by atoms with E-state index in [1.807, 2.05) is 12.1 Å². The van der Waals surface area contributed by atoms with Gasteiger partial charge in [0.15, 0.2) is 11.1 Å². The van der Waals surface area contributed by atoms with E-state index in [9.17, 15) is 20.1 Å². The number of hydrogen-bond donors (Lipinski definition) is 0. The summed E-state index contributed by atoms with van der Waals surface area (Å²) in [6, 6.07) is 4.07. The van der Waals surface area contributed by atoms with Gasteiger partial charge in [0.2, 0.25) is 12.6 Å². The molecule has 4 unspecified atom stereocenters. The van der Waals surface area contributed by atoms with Crippen molar-refractivity contribution in [1.29, 1.82) is 10.5 Å². The highest BCUT2D eigenvalue weighted by Gasteiger charge is 2.31. The molecule has 0 spiro atoms. The van der Waals surface area contributed by atoms with Crippen LogP contribution in [0.2, 0.25) is 0 Å². The minimum Gasteiger partial charge on any atom is -0.436 e. The molecule has 10 heteroatoms. The third kappa shape index (κ3) is 8.89. The molecule has 2 heterocycles. The van der Waals surface area contributed by atoms with Crippen LogP contribution in [0, 0.1) is 22.7 Å². The van der Waals surface area contributed by atoms with Gasteiger partial charge in [-0.1, -0.05) is 0 Å². The molecule has 2 rings (SSSR count). The van der Waals surface area contributed by atoms with E-state index < -0.39 is 35.6 Å². The lowest BCUT2D eigenvalue weighted by molar-refractivity contribution is -0.188. The topological polar surface area (TPSA) is 143 Å². The molecule has 2 fully saturated rings. The molecule has 10 nitrogen and oxygen atoms in total. The first-order chi connectivity index (χ1) is 15.3. The number of hydrogen-bond acceptors (Lipinski definition) is 10. The van der Waals surface area contributed by atoms with E-state index in [0.29, 0.717) is 26.1 Å². The van der Waals surface area contributed by atoms with Gasteiger partial charge in [0.1, 0.15) is 0 Å². The molecule has 0 bridgehead atoms. The summed E-state index contributed by atoms with van der Waals surface area (Å²) in [5, 5.41) is 27.2.